The Morgan fingerprint density at radius 3 is 2.88 bits per heavy atom. The quantitative estimate of drug-likeness (QED) is 0.561. The number of imidazole rings is 1. The molecule has 0 aliphatic heterocycles. The summed E-state index contributed by atoms with van der Waals surface area (Å²) < 4.78 is 0. The number of H-pyrrole nitrogens is 1. The number of rotatable bonds is 1. The smallest absolute Gasteiger partial charge is 0.208 e. The van der Waals surface area contributed by atoms with E-state index in [9.17, 15) is 0 Å². The molecule has 0 fully saturated rings. The van der Waals surface area contributed by atoms with Crippen molar-refractivity contribution in [3.8, 4) is 5.88 Å². The van der Waals surface area contributed by atoms with Gasteiger partial charge in [-0.3, -0.25) is 0 Å². The second-order valence-electron chi connectivity index (χ2n) is 1.57. The van der Waals surface area contributed by atoms with Crippen LogP contribution in [0.1, 0.15) is 12.7 Å². The van der Waals surface area contributed by atoms with Crippen molar-refractivity contribution in [2.75, 3.05) is 0 Å². The first-order valence-electron chi connectivity index (χ1n) is 2.55. The van der Waals surface area contributed by atoms with E-state index in [0.29, 0.717) is 0 Å². The van der Waals surface area contributed by atoms with Gasteiger partial charge in [-0.1, -0.05) is 6.92 Å². The van der Waals surface area contributed by atoms with Crippen molar-refractivity contribution in [1.29, 1.82) is 0 Å². The maximum atomic E-state index is 8.67. The molecule has 0 spiro atoms. The first-order valence-corrected chi connectivity index (χ1v) is 2.55. The highest BCUT2D eigenvalue weighted by molar-refractivity contribution is 5.04. The first kappa shape index (κ1) is 5.15. The van der Waals surface area contributed by atoms with Crippen LogP contribution in [-0.2, 0) is 6.42 Å². The summed E-state index contributed by atoms with van der Waals surface area (Å²) in [5.74, 6) is 0.962. The molecule has 3 heteroatoms. The normalized spacial score (nSPS) is 9.62. The number of hydrogen-bond donors (Lipinski definition) is 2. The van der Waals surface area contributed by atoms with E-state index in [0.717, 1.165) is 12.2 Å². The molecule has 0 bridgehead atoms. The van der Waals surface area contributed by atoms with Gasteiger partial charge in [0.05, 0.1) is 6.20 Å². The van der Waals surface area contributed by atoms with E-state index >= 15 is 0 Å². The SMILES string of the molecule is CCc1ncc(O)[nH]1. The van der Waals surface area contributed by atoms with Gasteiger partial charge in [0, 0.05) is 6.42 Å². The van der Waals surface area contributed by atoms with E-state index in [4.69, 9.17) is 5.11 Å². The molecular weight excluding hydrogens is 104 g/mol. The molecule has 0 radical (unpaired) electrons. The Bertz CT molecular complexity index is 171. The van der Waals surface area contributed by atoms with Gasteiger partial charge in [0.15, 0.2) is 0 Å². The molecule has 3 nitrogen and oxygen atoms in total. The van der Waals surface area contributed by atoms with Gasteiger partial charge in [-0.2, -0.15) is 0 Å². The molecular formula is C5H8N2O. The molecule has 8 heavy (non-hydrogen) atoms. The molecule has 1 rings (SSSR count). The fraction of sp³-hybridized carbons (Fsp3) is 0.400. The summed E-state index contributed by atoms with van der Waals surface area (Å²) in [7, 11) is 0. The van der Waals surface area contributed by atoms with Crippen LogP contribution in [0.3, 0.4) is 0 Å². The van der Waals surface area contributed by atoms with Gasteiger partial charge in [0.2, 0.25) is 5.88 Å². The second-order valence-corrected chi connectivity index (χ2v) is 1.57. The monoisotopic (exact) mass is 112 g/mol. The van der Waals surface area contributed by atoms with Crippen LogP contribution in [0, 0.1) is 0 Å². The fourth-order valence-electron chi connectivity index (χ4n) is 0.531. The highest BCUT2D eigenvalue weighted by atomic mass is 16.3. The van der Waals surface area contributed by atoms with Gasteiger partial charge in [-0.05, 0) is 0 Å². The topological polar surface area (TPSA) is 48.9 Å². The molecule has 2 N–H and O–H groups in total. The molecule has 0 atom stereocenters. The van der Waals surface area contributed by atoms with Gasteiger partial charge in [-0.15, -0.1) is 0 Å². The fourth-order valence-corrected chi connectivity index (χ4v) is 0.531. The number of hydrogen-bond acceptors (Lipinski definition) is 2. The predicted molar refractivity (Wildman–Crippen MR) is 29.6 cm³/mol. The molecule has 0 saturated carbocycles. The van der Waals surface area contributed by atoms with Crippen molar-refractivity contribution in [3.63, 3.8) is 0 Å². The van der Waals surface area contributed by atoms with Gasteiger partial charge < -0.3 is 10.1 Å². The minimum Gasteiger partial charge on any atom is -0.493 e. The Hall–Kier alpha value is -0.990. The third-order valence-corrected chi connectivity index (χ3v) is 0.950. The summed E-state index contributed by atoms with van der Waals surface area (Å²) in [6.07, 6.45) is 2.24. The maximum Gasteiger partial charge on any atom is 0.208 e. The summed E-state index contributed by atoms with van der Waals surface area (Å²) in [6, 6.07) is 0. The van der Waals surface area contributed by atoms with Crippen molar-refractivity contribution >= 4 is 0 Å². The predicted octanol–water partition coefficient (Wildman–Crippen LogP) is 0.678. The summed E-state index contributed by atoms with van der Waals surface area (Å²) >= 11 is 0. The average Bonchev–Trinajstić information content (AvgIpc) is 2.14. The van der Waals surface area contributed by atoms with Crippen LogP contribution in [-0.4, -0.2) is 15.1 Å². The van der Waals surface area contributed by atoms with Gasteiger partial charge in [-0.25, -0.2) is 4.98 Å². The summed E-state index contributed by atoms with van der Waals surface area (Å²) in [5.41, 5.74) is 0. The highest BCUT2D eigenvalue weighted by Gasteiger charge is 1.91. The average molecular weight is 112 g/mol. The Labute approximate surface area is 47.4 Å². The zero-order chi connectivity index (χ0) is 5.98. The lowest BCUT2D eigenvalue weighted by Crippen LogP contribution is -1.79. The van der Waals surface area contributed by atoms with Crippen LogP contribution in [0.15, 0.2) is 6.20 Å². The lowest BCUT2D eigenvalue weighted by molar-refractivity contribution is 0.455. The number of aryl methyl sites for hydroxylation is 1. The number of nitrogens with one attached hydrogen (secondary N) is 1. The standard InChI is InChI=1S/C5H8N2O/c1-2-4-6-3-5(8)7-4/h3,8H,2H2,1H3,(H,6,7). The molecule has 1 aromatic heterocycles. The minimum absolute atomic E-state index is 0.141. The van der Waals surface area contributed by atoms with Crippen LogP contribution in [0.2, 0.25) is 0 Å². The lowest BCUT2D eigenvalue weighted by atomic mass is 10.5. The molecule has 1 heterocycles. The van der Waals surface area contributed by atoms with E-state index in [1.807, 2.05) is 6.92 Å². The summed E-state index contributed by atoms with van der Waals surface area (Å²) in [5, 5.41) is 8.67. The lowest BCUT2D eigenvalue weighted by Gasteiger charge is -1.81. The Kier molecular flexibility index (Phi) is 1.20. The van der Waals surface area contributed by atoms with Crippen LogP contribution < -0.4 is 0 Å². The van der Waals surface area contributed by atoms with Crippen molar-refractivity contribution in [2.45, 2.75) is 13.3 Å². The van der Waals surface area contributed by atoms with Crippen molar-refractivity contribution in [1.82, 2.24) is 9.97 Å². The third-order valence-electron chi connectivity index (χ3n) is 0.950. The number of aromatic amines is 1. The van der Waals surface area contributed by atoms with Crippen molar-refractivity contribution in [2.24, 2.45) is 0 Å². The number of aromatic nitrogens is 2. The maximum absolute atomic E-state index is 8.67. The van der Waals surface area contributed by atoms with Crippen LogP contribution in [0.5, 0.6) is 5.88 Å². The van der Waals surface area contributed by atoms with E-state index in [1.54, 1.807) is 0 Å². The van der Waals surface area contributed by atoms with E-state index in [-0.39, 0.29) is 5.88 Å². The van der Waals surface area contributed by atoms with Crippen molar-refractivity contribution in [3.05, 3.63) is 12.0 Å². The number of nitrogens with zero attached hydrogens (tertiary/aromatic N) is 1. The third kappa shape index (κ3) is 0.804. The molecule has 0 aromatic carbocycles. The molecule has 0 saturated heterocycles. The minimum atomic E-state index is 0.141. The van der Waals surface area contributed by atoms with Gasteiger partial charge >= 0.3 is 0 Å². The Morgan fingerprint density at radius 2 is 2.62 bits per heavy atom. The zero-order valence-corrected chi connectivity index (χ0v) is 4.68. The van der Waals surface area contributed by atoms with Crippen LogP contribution in [0.25, 0.3) is 0 Å². The molecule has 44 valence electrons. The van der Waals surface area contributed by atoms with E-state index in [2.05, 4.69) is 9.97 Å². The largest absolute Gasteiger partial charge is 0.493 e. The molecule has 0 aliphatic rings. The van der Waals surface area contributed by atoms with Crippen molar-refractivity contribution < 1.29 is 5.11 Å². The van der Waals surface area contributed by atoms with Crippen LogP contribution >= 0.6 is 0 Å². The molecule has 0 unspecified atom stereocenters. The van der Waals surface area contributed by atoms with E-state index < -0.39 is 0 Å². The Balaban J connectivity index is 2.84. The molecule has 0 aliphatic carbocycles. The highest BCUT2D eigenvalue weighted by Crippen LogP contribution is 2.01. The molecule has 1 aromatic rings. The Morgan fingerprint density at radius 1 is 1.88 bits per heavy atom. The van der Waals surface area contributed by atoms with Gasteiger partial charge in [0.25, 0.3) is 0 Å². The summed E-state index contributed by atoms with van der Waals surface area (Å²) in [4.78, 5) is 6.50. The molecule has 0 amide bonds. The van der Waals surface area contributed by atoms with E-state index in [1.165, 1.54) is 6.20 Å². The summed E-state index contributed by atoms with van der Waals surface area (Å²) in [6.45, 7) is 1.97. The first-order chi connectivity index (χ1) is 3.83. The zero-order valence-electron chi connectivity index (χ0n) is 4.68. The second kappa shape index (κ2) is 1.86. The number of aromatic hydroxyl groups is 1. The van der Waals surface area contributed by atoms with Crippen LogP contribution in [0.4, 0.5) is 0 Å². The van der Waals surface area contributed by atoms with Gasteiger partial charge in [0.1, 0.15) is 5.82 Å².